The summed E-state index contributed by atoms with van der Waals surface area (Å²) >= 11 is 0. The number of amides is 2. The predicted molar refractivity (Wildman–Crippen MR) is 80.0 cm³/mol. The molecule has 0 saturated carbocycles. The molecule has 6 heteroatoms. The van der Waals surface area contributed by atoms with Gasteiger partial charge in [-0.1, -0.05) is 6.92 Å². The predicted octanol–water partition coefficient (Wildman–Crippen LogP) is 2.47. The van der Waals surface area contributed by atoms with Crippen LogP contribution in [0.2, 0.25) is 0 Å². The highest BCUT2D eigenvalue weighted by Gasteiger charge is 2.06. The zero-order chi connectivity index (χ0) is 15.1. The van der Waals surface area contributed by atoms with Crippen molar-refractivity contribution in [2.75, 3.05) is 10.6 Å². The van der Waals surface area contributed by atoms with Crippen molar-refractivity contribution in [2.24, 2.45) is 0 Å². The Bertz CT molecular complexity index is 611. The normalized spacial score (nSPS) is 9.95. The largest absolute Gasteiger partial charge is 0.321 e. The van der Waals surface area contributed by atoms with E-state index in [-0.39, 0.29) is 11.8 Å². The molecule has 2 heterocycles. The highest BCUT2D eigenvalue weighted by atomic mass is 16.2. The highest BCUT2D eigenvalue weighted by Crippen LogP contribution is 2.11. The Morgan fingerprint density at radius 1 is 1.10 bits per heavy atom. The standard InChI is InChI=1S/C15H16N4O2/c1-2-3-14(20)19-13-5-4-12(10-17-13)18-15(21)11-6-8-16-9-7-11/h4-10H,2-3H2,1H3,(H,18,21)(H,17,19,20). The van der Waals surface area contributed by atoms with Gasteiger partial charge < -0.3 is 10.6 Å². The zero-order valence-electron chi connectivity index (χ0n) is 11.7. The second-order valence-electron chi connectivity index (χ2n) is 4.42. The van der Waals surface area contributed by atoms with Crippen molar-refractivity contribution in [1.29, 1.82) is 0 Å². The molecule has 0 spiro atoms. The van der Waals surface area contributed by atoms with E-state index in [2.05, 4.69) is 20.6 Å². The van der Waals surface area contributed by atoms with Crippen molar-refractivity contribution in [3.05, 3.63) is 48.4 Å². The maximum absolute atomic E-state index is 11.9. The van der Waals surface area contributed by atoms with Gasteiger partial charge in [-0.25, -0.2) is 4.98 Å². The molecule has 0 aromatic carbocycles. The Hall–Kier alpha value is -2.76. The summed E-state index contributed by atoms with van der Waals surface area (Å²) in [6.45, 7) is 1.94. The van der Waals surface area contributed by atoms with Gasteiger partial charge in [-0.2, -0.15) is 0 Å². The third-order valence-electron chi connectivity index (χ3n) is 2.71. The van der Waals surface area contributed by atoms with Crippen LogP contribution in [0, 0.1) is 0 Å². The number of aromatic nitrogens is 2. The first-order chi connectivity index (χ1) is 10.2. The first-order valence-corrected chi connectivity index (χ1v) is 6.66. The maximum Gasteiger partial charge on any atom is 0.255 e. The third-order valence-corrected chi connectivity index (χ3v) is 2.71. The van der Waals surface area contributed by atoms with Gasteiger partial charge in [0.2, 0.25) is 5.91 Å². The van der Waals surface area contributed by atoms with Crippen molar-refractivity contribution >= 4 is 23.3 Å². The van der Waals surface area contributed by atoms with Crippen LogP contribution in [0.25, 0.3) is 0 Å². The molecule has 0 fully saturated rings. The average molecular weight is 284 g/mol. The summed E-state index contributed by atoms with van der Waals surface area (Å²) in [4.78, 5) is 31.3. The van der Waals surface area contributed by atoms with E-state index < -0.39 is 0 Å². The topological polar surface area (TPSA) is 84.0 Å². The number of hydrogen-bond acceptors (Lipinski definition) is 4. The van der Waals surface area contributed by atoms with Crippen molar-refractivity contribution in [2.45, 2.75) is 19.8 Å². The molecule has 6 nitrogen and oxygen atoms in total. The maximum atomic E-state index is 11.9. The molecule has 0 atom stereocenters. The van der Waals surface area contributed by atoms with E-state index in [9.17, 15) is 9.59 Å². The van der Waals surface area contributed by atoms with Gasteiger partial charge in [0.15, 0.2) is 0 Å². The smallest absolute Gasteiger partial charge is 0.255 e. The van der Waals surface area contributed by atoms with Gasteiger partial charge in [-0.05, 0) is 30.7 Å². The van der Waals surface area contributed by atoms with Gasteiger partial charge in [0.25, 0.3) is 5.91 Å². The Kier molecular flexibility index (Phi) is 4.98. The minimum absolute atomic E-state index is 0.0708. The quantitative estimate of drug-likeness (QED) is 0.883. The number of carbonyl (C=O) groups excluding carboxylic acids is 2. The number of nitrogens with zero attached hydrogens (tertiary/aromatic N) is 2. The monoisotopic (exact) mass is 284 g/mol. The fourth-order valence-corrected chi connectivity index (χ4v) is 1.68. The van der Waals surface area contributed by atoms with Gasteiger partial charge in [0, 0.05) is 24.4 Å². The van der Waals surface area contributed by atoms with E-state index in [4.69, 9.17) is 0 Å². The molecule has 2 aromatic rings. The summed E-state index contributed by atoms with van der Waals surface area (Å²) in [6, 6.07) is 6.59. The third kappa shape index (κ3) is 4.38. The van der Waals surface area contributed by atoms with E-state index in [1.807, 2.05) is 6.92 Å². The minimum atomic E-state index is -0.234. The molecule has 108 valence electrons. The number of carbonyl (C=O) groups is 2. The zero-order valence-corrected chi connectivity index (χ0v) is 11.7. The first-order valence-electron chi connectivity index (χ1n) is 6.66. The summed E-state index contributed by atoms with van der Waals surface area (Å²) in [5.74, 6) is 0.163. The lowest BCUT2D eigenvalue weighted by molar-refractivity contribution is -0.116. The van der Waals surface area contributed by atoms with Crippen molar-refractivity contribution in [3.63, 3.8) is 0 Å². The Morgan fingerprint density at radius 3 is 2.48 bits per heavy atom. The molecule has 0 unspecified atom stereocenters. The van der Waals surface area contributed by atoms with Crippen molar-refractivity contribution in [3.8, 4) is 0 Å². The number of pyridine rings is 2. The van der Waals surface area contributed by atoms with Gasteiger partial charge in [0.05, 0.1) is 11.9 Å². The Morgan fingerprint density at radius 2 is 1.86 bits per heavy atom. The molecule has 2 rings (SSSR count). The number of nitrogens with one attached hydrogen (secondary N) is 2. The average Bonchev–Trinajstić information content (AvgIpc) is 2.50. The van der Waals surface area contributed by atoms with E-state index in [1.165, 1.54) is 6.20 Å². The van der Waals surface area contributed by atoms with E-state index >= 15 is 0 Å². The number of hydrogen-bond donors (Lipinski definition) is 2. The minimum Gasteiger partial charge on any atom is -0.321 e. The lowest BCUT2D eigenvalue weighted by atomic mass is 10.2. The lowest BCUT2D eigenvalue weighted by Gasteiger charge is -2.06. The van der Waals surface area contributed by atoms with Crippen LogP contribution in [0.3, 0.4) is 0 Å². The van der Waals surface area contributed by atoms with Gasteiger partial charge in [-0.3, -0.25) is 14.6 Å². The van der Waals surface area contributed by atoms with Crippen molar-refractivity contribution < 1.29 is 9.59 Å². The molecule has 21 heavy (non-hydrogen) atoms. The summed E-state index contributed by atoms with van der Waals surface area (Å²) < 4.78 is 0. The van der Waals surface area contributed by atoms with Crippen LogP contribution < -0.4 is 10.6 Å². The summed E-state index contributed by atoms with van der Waals surface area (Å²) in [6.07, 6.45) is 5.85. The van der Waals surface area contributed by atoms with Crippen LogP contribution >= 0.6 is 0 Å². The first kappa shape index (κ1) is 14.6. The second-order valence-corrected chi connectivity index (χ2v) is 4.42. The molecule has 0 radical (unpaired) electrons. The molecule has 0 aliphatic carbocycles. The molecule has 2 amide bonds. The van der Waals surface area contributed by atoms with Gasteiger partial charge in [0.1, 0.15) is 5.82 Å². The fourth-order valence-electron chi connectivity index (χ4n) is 1.68. The second kappa shape index (κ2) is 7.14. The van der Waals surface area contributed by atoms with Crippen LogP contribution in [0.15, 0.2) is 42.9 Å². The van der Waals surface area contributed by atoms with Gasteiger partial charge >= 0.3 is 0 Å². The highest BCUT2D eigenvalue weighted by molar-refractivity contribution is 6.04. The summed E-state index contributed by atoms with van der Waals surface area (Å²) in [7, 11) is 0. The Balaban J connectivity index is 1.96. The summed E-state index contributed by atoms with van der Waals surface area (Å²) in [5.41, 5.74) is 1.08. The lowest BCUT2D eigenvalue weighted by Crippen LogP contribution is -2.13. The van der Waals surface area contributed by atoms with Crippen molar-refractivity contribution in [1.82, 2.24) is 9.97 Å². The van der Waals surface area contributed by atoms with E-state index in [0.717, 1.165) is 6.42 Å². The molecule has 2 N–H and O–H groups in total. The Labute approximate surface area is 122 Å². The van der Waals surface area contributed by atoms with E-state index in [0.29, 0.717) is 23.5 Å². The van der Waals surface area contributed by atoms with Gasteiger partial charge in [-0.15, -0.1) is 0 Å². The van der Waals surface area contributed by atoms with Crippen LogP contribution in [-0.4, -0.2) is 21.8 Å². The molecule has 0 bridgehead atoms. The van der Waals surface area contributed by atoms with Crippen LogP contribution in [0.4, 0.5) is 11.5 Å². The molecule has 2 aromatic heterocycles. The number of anilines is 2. The molecular formula is C15H16N4O2. The molecule has 0 aliphatic rings. The molecular weight excluding hydrogens is 268 g/mol. The number of rotatable bonds is 5. The SMILES string of the molecule is CCCC(=O)Nc1ccc(NC(=O)c2ccncc2)cn1. The van der Waals surface area contributed by atoms with Crippen LogP contribution in [0.5, 0.6) is 0 Å². The van der Waals surface area contributed by atoms with Crippen LogP contribution in [0.1, 0.15) is 30.1 Å². The van der Waals surface area contributed by atoms with E-state index in [1.54, 1.807) is 36.7 Å². The summed E-state index contributed by atoms with van der Waals surface area (Å²) in [5, 5.41) is 5.41. The molecule has 0 saturated heterocycles. The van der Waals surface area contributed by atoms with Crippen LogP contribution in [-0.2, 0) is 4.79 Å². The molecule has 0 aliphatic heterocycles. The fraction of sp³-hybridized carbons (Fsp3) is 0.200.